The molecule has 6 heteroatoms. The molecule has 0 saturated carbocycles. The fraction of sp³-hybridized carbons (Fsp3) is 0.208. The van der Waals surface area contributed by atoms with Gasteiger partial charge in [0.1, 0.15) is 5.75 Å². The van der Waals surface area contributed by atoms with Gasteiger partial charge < -0.3 is 10.1 Å². The molecule has 0 fully saturated rings. The molecule has 0 aliphatic heterocycles. The van der Waals surface area contributed by atoms with Gasteiger partial charge in [0.2, 0.25) is 5.91 Å². The van der Waals surface area contributed by atoms with Gasteiger partial charge in [0, 0.05) is 29.4 Å². The Morgan fingerprint density at radius 2 is 1.90 bits per heavy atom. The van der Waals surface area contributed by atoms with Crippen molar-refractivity contribution in [3.05, 3.63) is 67.0 Å². The van der Waals surface area contributed by atoms with Gasteiger partial charge in [0.15, 0.2) is 5.65 Å². The molecule has 0 aliphatic carbocycles. The van der Waals surface area contributed by atoms with Crippen molar-refractivity contribution in [1.29, 1.82) is 0 Å². The first-order valence-corrected chi connectivity index (χ1v) is 9.92. The van der Waals surface area contributed by atoms with Gasteiger partial charge >= 0.3 is 0 Å². The highest BCUT2D eigenvalue weighted by Gasteiger charge is 2.13. The molecule has 4 aromatic rings. The molecule has 0 saturated heterocycles. The summed E-state index contributed by atoms with van der Waals surface area (Å²) in [6, 6.07) is 17.5. The molecule has 0 atom stereocenters. The van der Waals surface area contributed by atoms with E-state index in [1.807, 2.05) is 79.2 Å². The van der Waals surface area contributed by atoms with Crippen molar-refractivity contribution in [3.8, 4) is 28.1 Å². The highest BCUT2D eigenvalue weighted by Crippen LogP contribution is 2.29. The number of aromatic nitrogens is 3. The number of rotatable bonds is 6. The van der Waals surface area contributed by atoms with Gasteiger partial charge in [-0.2, -0.15) is 5.10 Å². The summed E-state index contributed by atoms with van der Waals surface area (Å²) in [5.74, 6) is 1.11. The predicted octanol–water partition coefficient (Wildman–Crippen LogP) is 5.06. The van der Waals surface area contributed by atoms with Crippen LogP contribution in [0.5, 0.6) is 5.75 Å². The molecule has 6 nitrogen and oxygen atoms in total. The van der Waals surface area contributed by atoms with Crippen LogP contribution in [0, 0.1) is 5.92 Å². The average molecular weight is 400 g/mol. The number of carbonyl (C=O) groups is 1. The smallest absolute Gasteiger partial charge is 0.224 e. The SMILES string of the molecule is COc1cccc(-c2cnn3c(-c4cccc(NC(=O)CC(C)C)c4)ccnc23)c1. The molecular formula is C24H24N4O2. The average Bonchev–Trinajstić information content (AvgIpc) is 3.17. The van der Waals surface area contributed by atoms with Crippen LogP contribution in [0.4, 0.5) is 5.69 Å². The van der Waals surface area contributed by atoms with Crippen molar-refractivity contribution < 1.29 is 9.53 Å². The molecular weight excluding hydrogens is 376 g/mol. The lowest BCUT2D eigenvalue weighted by atomic mass is 10.1. The number of benzene rings is 2. The lowest BCUT2D eigenvalue weighted by molar-refractivity contribution is -0.116. The highest BCUT2D eigenvalue weighted by molar-refractivity contribution is 5.91. The van der Waals surface area contributed by atoms with Crippen molar-refractivity contribution >= 4 is 17.2 Å². The minimum atomic E-state index is 0.0152. The number of amides is 1. The second kappa shape index (κ2) is 8.37. The second-order valence-electron chi connectivity index (χ2n) is 7.58. The first-order valence-electron chi connectivity index (χ1n) is 9.92. The van der Waals surface area contributed by atoms with Gasteiger partial charge in [-0.25, -0.2) is 9.50 Å². The minimum absolute atomic E-state index is 0.0152. The topological polar surface area (TPSA) is 68.5 Å². The van der Waals surface area contributed by atoms with E-state index in [0.717, 1.165) is 39.5 Å². The molecule has 2 aromatic heterocycles. The van der Waals surface area contributed by atoms with E-state index in [9.17, 15) is 4.79 Å². The van der Waals surface area contributed by atoms with Crippen LogP contribution in [0.3, 0.4) is 0 Å². The number of hydrogen-bond donors (Lipinski definition) is 1. The van der Waals surface area contributed by atoms with Gasteiger partial charge in [0.25, 0.3) is 0 Å². The van der Waals surface area contributed by atoms with Crippen molar-refractivity contribution in [2.75, 3.05) is 12.4 Å². The Morgan fingerprint density at radius 3 is 2.70 bits per heavy atom. The largest absolute Gasteiger partial charge is 0.497 e. The summed E-state index contributed by atoms with van der Waals surface area (Å²) in [6.45, 7) is 4.06. The van der Waals surface area contributed by atoms with E-state index in [1.54, 1.807) is 13.3 Å². The maximum Gasteiger partial charge on any atom is 0.224 e. The highest BCUT2D eigenvalue weighted by atomic mass is 16.5. The Hall–Kier alpha value is -3.67. The maximum atomic E-state index is 12.1. The van der Waals surface area contributed by atoms with E-state index in [1.165, 1.54) is 0 Å². The minimum Gasteiger partial charge on any atom is -0.497 e. The van der Waals surface area contributed by atoms with Gasteiger partial charge in [-0.3, -0.25) is 4.79 Å². The van der Waals surface area contributed by atoms with Gasteiger partial charge in [-0.15, -0.1) is 0 Å². The van der Waals surface area contributed by atoms with Crippen molar-refractivity contribution in [2.24, 2.45) is 5.92 Å². The predicted molar refractivity (Wildman–Crippen MR) is 118 cm³/mol. The zero-order valence-electron chi connectivity index (χ0n) is 17.3. The van der Waals surface area contributed by atoms with E-state index >= 15 is 0 Å². The number of nitrogens with zero attached hydrogens (tertiary/aromatic N) is 3. The normalized spacial score (nSPS) is 11.1. The molecule has 2 heterocycles. The van der Waals surface area contributed by atoms with E-state index in [0.29, 0.717) is 12.3 Å². The number of ether oxygens (including phenoxy) is 1. The number of anilines is 1. The zero-order valence-corrected chi connectivity index (χ0v) is 17.3. The number of methoxy groups -OCH3 is 1. The van der Waals surface area contributed by atoms with Crippen LogP contribution >= 0.6 is 0 Å². The molecule has 2 aromatic carbocycles. The van der Waals surface area contributed by atoms with Crippen LogP contribution in [-0.2, 0) is 4.79 Å². The number of fused-ring (bicyclic) bond motifs is 1. The van der Waals surface area contributed by atoms with E-state index in [4.69, 9.17) is 4.74 Å². The van der Waals surface area contributed by atoms with Crippen molar-refractivity contribution in [2.45, 2.75) is 20.3 Å². The van der Waals surface area contributed by atoms with Crippen molar-refractivity contribution in [1.82, 2.24) is 14.6 Å². The van der Waals surface area contributed by atoms with Gasteiger partial charge in [0.05, 0.1) is 19.0 Å². The second-order valence-corrected chi connectivity index (χ2v) is 7.58. The summed E-state index contributed by atoms with van der Waals surface area (Å²) in [5.41, 5.74) is 5.29. The van der Waals surface area contributed by atoms with Gasteiger partial charge in [-0.1, -0.05) is 38.1 Å². The number of hydrogen-bond acceptors (Lipinski definition) is 4. The number of nitrogens with one attached hydrogen (secondary N) is 1. The lowest BCUT2D eigenvalue weighted by Gasteiger charge is -2.10. The monoisotopic (exact) mass is 400 g/mol. The molecule has 0 radical (unpaired) electrons. The van der Waals surface area contributed by atoms with Crippen LogP contribution in [0.2, 0.25) is 0 Å². The molecule has 4 rings (SSSR count). The fourth-order valence-electron chi connectivity index (χ4n) is 3.44. The third-order valence-corrected chi connectivity index (χ3v) is 4.82. The van der Waals surface area contributed by atoms with Crippen LogP contribution < -0.4 is 10.1 Å². The summed E-state index contributed by atoms with van der Waals surface area (Å²) in [6.07, 6.45) is 4.09. The Kier molecular flexibility index (Phi) is 5.48. The van der Waals surface area contributed by atoms with Crippen LogP contribution in [0.1, 0.15) is 20.3 Å². The quantitative estimate of drug-likeness (QED) is 0.491. The number of carbonyl (C=O) groups excluding carboxylic acids is 1. The molecule has 152 valence electrons. The lowest BCUT2D eigenvalue weighted by Crippen LogP contribution is -2.13. The summed E-state index contributed by atoms with van der Waals surface area (Å²) < 4.78 is 7.17. The molecule has 1 amide bonds. The molecule has 0 bridgehead atoms. The van der Waals surface area contributed by atoms with Crippen LogP contribution in [0.25, 0.3) is 28.0 Å². The zero-order chi connectivity index (χ0) is 21.1. The molecule has 30 heavy (non-hydrogen) atoms. The third kappa shape index (κ3) is 4.03. The summed E-state index contributed by atoms with van der Waals surface area (Å²) in [4.78, 5) is 16.7. The Morgan fingerprint density at radius 1 is 1.10 bits per heavy atom. The molecule has 0 spiro atoms. The van der Waals surface area contributed by atoms with Crippen molar-refractivity contribution in [3.63, 3.8) is 0 Å². The Bertz CT molecular complexity index is 1200. The third-order valence-electron chi connectivity index (χ3n) is 4.82. The van der Waals surface area contributed by atoms with Crippen LogP contribution in [-0.4, -0.2) is 27.6 Å². The molecule has 0 unspecified atom stereocenters. The Balaban J connectivity index is 1.71. The Labute approximate surface area is 175 Å². The van der Waals surface area contributed by atoms with E-state index in [2.05, 4.69) is 15.4 Å². The molecule has 1 N–H and O–H groups in total. The van der Waals surface area contributed by atoms with E-state index in [-0.39, 0.29) is 5.91 Å². The first kappa shape index (κ1) is 19.6. The summed E-state index contributed by atoms with van der Waals surface area (Å²) >= 11 is 0. The summed E-state index contributed by atoms with van der Waals surface area (Å²) in [7, 11) is 1.65. The molecule has 0 aliphatic rings. The summed E-state index contributed by atoms with van der Waals surface area (Å²) in [5, 5.41) is 7.56. The maximum absolute atomic E-state index is 12.1. The fourth-order valence-corrected chi connectivity index (χ4v) is 3.44. The standard InChI is InChI=1S/C24H24N4O2/c1-16(2)12-23(29)27-19-8-4-7-18(13-19)22-10-11-25-24-21(15-26-28(22)24)17-6-5-9-20(14-17)30-3/h4-11,13-16H,12H2,1-3H3,(H,27,29). The van der Waals surface area contributed by atoms with E-state index < -0.39 is 0 Å². The first-order chi connectivity index (χ1) is 14.5. The van der Waals surface area contributed by atoms with Crippen LogP contribution in [0.15, 0.2) is 67.0 Å². The van der Waals surface area contributed by atoms with Gasteiger partial charge in [-0.05, 0) is 41.8 Å².